The molecule has 0 aliphatic heterocycles. The van der Waals surface area contributed by atoms with E-state index in [9.17, 15) is 13.2 Å². The molecule has 4 rings (SSSR count). The van der Waals surface area contributed by atoms with Crippen LogP contribution < -0.4 is 15.8 Å². The molecule has 0 unspecified atom stereocenters. The molecule has 0 aliphatic carbocycles. The third-order valence-electron chi connectivity index (χ3n) is 5.32. The fourth-order valence-corrected chi connectivity index (χ4v) is 4.75. The average Bonchev–Trinajstić information content (AvgIpc) is 3.20. The van der Waals surface area contributed by atoms with Crippen molar-refractivity contribution in [2.24, 2.45) is 5.73 Å². The lowest BCUT2D eigenvalue weighted by Gasteiger charge is -2.09. The van der Waals surface area contributed by atoms with E-state index in [4.69, 9.17) is 11.1 Å². The lowest BCUT2D eigenvalue weighted by atomic mass is 10.1. The van der Waals surface area contributed by atoms with Crippen molar-refractivity contribution in [3.05, 3.63) is 84.1 Å². The molecule has 1 amide bonds. The molecule has 3 aromatic carbocycles. The predicted octanol–water partition coefficient (Wildman–Crippen LogP) is 3.60. The number of amides is 1. The van der Waals surface area contributed by atoms with E-state index in [1.807, 2.05) is 36.4 Å². The summed E-state index contributed by atoms with van der Waals surface area (Å²) in [5.41, 5.74) is 10.1. The summed E-state index contributed by atoms with van der Waals surface area (Å²) in [5.74, 6) is -0.182. The van der Waals surface area contributed by atoms with Crippen LogP contribution in [0.1, 0.15) is 18.2 Å². The van der Waals surface area contributed by atoms with Crippen LogP contribution in [0.4, 0.5) is 5.69 Å². The molecular formula is C25H25N5O3S. The maximum Gasteiger partial charge on any atom is 0.240 e. The van der Waals surface area contributed by atoms with Crippen LogP contribution >= 0.6 is 0 Å². The minimum Gasteiger partial charge on any atom is -0.384 e. The number of fused-ring (bicyclic) bond motifs is 1. The monoisotopic (exact) mass is 475 g/mol. The first-order chi connectivity index (χ1) is 16.2. The Kier molecular flexibility index (Phi) is 6.49. The van der Waals surface area contributed by atoms with Gasteiger partial charge in [-0.15, -0.1) is 0 Å². The van der Waals surface area contributed by atoms with Gasteiger partial charge in [-0.25, -0.2) is 13.1 Å². The van der Waals surface area contributed by atoms with Gasteiger partial charge in [-0.3, -0.25) is 10.2 Å². The Labute approximate surface area is 197 Å². The molecule has 0 saturated carbocycles. The third-order valence-corrected chi connectivity index (χ3v) is 6.88. The second kappa shape index (κ2) is 9.50. The Morgan fingerprint density at radius 1 is 1.00 bits per heavy atom. The van der Waals surface area contributed by atoms with E-state index in [0.717, 1.165) is 27.7 Å². The molecule has 34 heavy (non-hydrogen) atoms. The van der Waals surface area contributed by atoms with Crippen molar-refractivity contribution in [2.45, 2.75) is 18.2 Å². The Hall–Kier alpha value is -3.95. The molecular weight excluding hydrogens is 450 g/mol. The number of hydrogen-bond acceptors (Lipinski definition) is 4. The first-order valence-corrected chi connectivity index (χ1v) is 12.2. The Morgan fingerprint density at radius 3 is 2.47 bits per heavy atom. The molecule has 4 aromatic rings. The van der Waals surface area contributed by atoms with E-state index in [2.05, 4.69) is 15.0 Å². The fraction of sp³-hybridized carbons (Fsp3) is 0.120. The van der Waals surface area contributed by atoms with Crippen LogP contribution in [-0.2, 0) is 21.2 Å². The van der Waals surface area contributed by atoms with Gasteiger partial charge in [0.15, 0.2) is 0 Å². The van der Waals surface area contributed by atoms with Gasteiger partial charge in [-0.1, -0.05) is 31.2 Å². The summed E-state index contributed by atoms with van der Waals surface area (Å²) in [6.45, 7) is 2.05. The number of nitrogens with one attached hydrogen (secondary N) is 4. The number of rotatable bonds is 8. The standard InChI is InChI=1S/C25H25N5O3S/c1-2-28-34(32,33)22-9-6-16(7-10-22)17-4-3-5-20(13-17)30-24(31)15-21-14-19-12-18(25(26)27)8-11-23(19)29-21/h3-14,28-29H,2,15H2,1H3,(H3,26,27)(H,30,31). The van der Waals surface area contributed by atoms with Gasteiger partial charge in [0, 0.05) is 34.4 Å². The molecule has 8 nitrogen and oxygen atoms in total. The zero-order valence-electron chi connectivity index (χ0n) is 18.6. The van der Waals surface area contributed by atoms with Crippen molar-refractivity contribution in [1.29, 1.82) is 5.41 Å². The van der Waals surface area contributed by atoms with Crippen LogP contribution in [0, 0.1) is 5.41 Å². The number of aromatic nitrogens is 1. The van der Waals surface area contributed by atoms with E-state index in [-0.39, 0.29) is 23.1 Å². The number of nitrogens with two attached hydrogens (primary N) is 1. The number of benzene rings is 3. The third kappa shape index (κ3) is 5.16. The SMILES string of the molecule is CCNS(=O)(=O)c1ccc(-c2cccc(NC(=O)Cc3cc4cc(C(=N)N)ccc4[nH]3)c2)cc1. The summed E-state index contributed by atoms with van der Waals surface area (Å²) in [7, 11) is -3.51. The summed E-state index contributed by atoms with van der Waals surface area (Å²) in [6.07, 6.45) is 0.158. The number of sulfonamides is 1. The van der Waals surface area contributed by atoms with Crippen LogP contribution in [0.2, 0.25) is 0 Å². The molecule has 6 N–H and O–H groups in total. The Bertz CT molecular complexity index is 1470. The van der Waals surface area contributed by atoms with Crippen molar-refractivity contribution in [3.8, 4) is 11.1 Å². The number of amidine groups is 1. The first-order valence-electron chi connectivity index (χ1n) is 10.7. The van der Waals surface area contributed by atoms with Crippen molar-refractivity contribution >= 4 is 38.4 Å². The van der Waals surface area contributed by atoms with Gasteiger partial charge in [0.2, 0.25) is 15.9 Å². The van der Waals surface area contributed by atoms with Crippen molar-refractivity contribution in [2.75, 3.05) is 11.9 Å². The van der Waals surface area contributed by atoms with Crippen molar-refractivity contribution in [3.63, 3.8) is 0 Å². The van der Waals surface area contributed by atoms with Crippen LogP contribution in [0.5, 0.6) is 0 Å². The molecule has 0 spiro atoms. The van der Waals surface area contributed by atoms with Crippen molar-refractivity contribution < 1.29 is 13.2 Å². The van der Waals surface area contributed by atoms with E-state index < -0.39 is 10.0 Å². The predicted molar refractivity (Wildman–Crippen MR) is 134 cm³/mol. The Morgan fingerprint density at radius 2 is 1.76 bits per heavy atom. The largest absolute Gasteiger partial charge is 0.384 e. The van der Waals surface area contributed by atoms with Crippen LogP contribution in [-0.4, -0.2) is 31.7 Å². The van der Waals surface area contributed by atoms with Crippen LogP contribution in [0.15, 0.2) is 77.7 Å². The molecule has 0 radical (unpaired) electrons. The maximum absolute atomic E-state index is 12.6. The molecule has 0 aliphatic rings. The van der Waals surface area contributed by atoms with Gasteiger partial charge >= 0.3 is 0 Å². The second-order valence-corrected chi connectivity index (χ2v) is 9.61. The normalized spacial score (nSPS) is 11.4. The van der Waals surface area contributed by atoms with Gasteiger partial charge in [0.05, 0.1) is 11.3 Å². The zero-order valence-corrected chi connectivity index (χ0v) is 19.4. The molecule has 9 heteroatoms. The summed E-state index contributed by atoms with van der Waals surface area (Å²) in [5, 5.41) is 11.4. The quantitative estimate of drug-likeness (QED) is 0.196. The van der Waals surface area contributed by atoms with E-state index in [0.29, 0.717) is 17.8 Å². The van der Waals surface area contributed by atoms with Crippen molar-refractivity contribution in [1.82, 2.24) is 9.71 Å². The highest BCUT2D eigenvalue weighted by atomic mass is 32.2. The van der Waals surface area contributed by atoms with E-state index in [1.165, 1.54) is 0 Å². The Balaban J connectivity index is 1.46. The first kappa shape index (κ1) is 23.2. The smallest absolute Gasteiger partial charge is 0.240 e. The highest BCUT2D eigenvalue weighted by molar-refractivity contribution is 7.89. The molecule has 174 valence electrons. The molecule has 1 heterocycles. The summed E-state index contributed by atoms with van der Waals surface area (Å²) < 4.78 is 26.7. The highest BCUT2D eigenvalue weighted by Gasteiger charge is 2.13. The fourth-order valence-electron chi connectivity index (χ4n) is 3.71. The van der Waals surface area contributed by atoms with Gasteiger partial charge in [0.25, 0.3) is 0 Å². The number of H-pyrrole nitrogens is 1. The molecule has 1 aromatic heterocycles. The number of nitrogen functional groups attached to an aromatic ring is 1. The second-order valence-electron chi connectivity index (χ2n) is 7.84. The molecule has 0 fully saturated rings. The van der Waals surface area contributed by atoms with Crippen LogP contribution in [0.25, 0.3) is 22.0 Å². The topological polar surface area (TPSA) is 141 Å². The average molecular weight is 476 g/mol. The number of aromatic amines is 1. The van der Waals surface area contributed by atoms with Gasteiger partial charge in [-0.05, 0) is 59.7 Å². The van der Waals surface area contributed by atoms with Crippen LogP contribution in [0.3, 0.4) is 0 Å². The summed E-state index contributed by atoms with van der Waals surface area (Å²) >= 11 is 0. The zero-order chi connectivity index (χ0) is 24.3. The van der Waals surface area contributed by atoms with Gasteiger partial charge in [-0.2, -0.15) is 0 Å². The number of hydrogen-bond donors (Lipinski definition) is 5. The lowest BCUT2D eigenvalue weighted by Crippen LogP contribution is -2.22. The van der Waals surface area contributed by atoms with E-state index >= 15 is 0 Å². The van der Waals surface area contributed by atoms with Gasteiger partial charge < -0.3 is 16.0 Å². The number of anilines is 1. The highest BCUT2D eigenvalue weighted by Crippen LogP contribution is 2.24. The van der Waals surface area contributed by atoms with Gasteiger partial charge in [0.1, 0.15) is 5.84 Å². The molecule has 0 atom stereocenters. The molecule has 0 bridgehead atoms. The minimum atomic E-state index is -3.51. The molecule has 0 saturated heterocycles. The lowest BCUT2D eigenvalue weighted by molar-refractivity contribution is -0.115. The van der Waals surface area contributed by atoms with E-state index in [1.54, 1.807) is 43.3 Å². The summed E-state index contributed by atoms with van der Waals surface area (Å²) in [6, 6.07) is 21.3. The number of carbonyl (C=O) groups is 1. The minimum absolute atomic E-state index is 0.00355. The number of carbonyl (C=O) groups excluding carboxylic acids is 1. The maximum atomic E-state index is 12.6. The summed E-state index contributed by atoms with van der Waals surface area (Å²) in [4.78, 5) is 16.1.